The van der Waals surface area contributed by atoms with E-state index in [-0.39, 0.29) is 23.6 Å². The lowest BCUT2D eigenvalue weighted by atomic mass is 9.79. The fourth-order valence-corrected chi connectivity index (χ4v) is 7.14. The maximum atomic E-state index is 12.4. The van der Waals surface area contributed by atoms with E-state index in [0.29, 0.717) is 11.1 Å². The summed E-state index contributed by atoms with van der Waals surface area (Å²) in [4.78, 5) is 31.1. The monoisotopic (exact) mass is 450 g/mol. The van der Waals surface area contributed by atoms with Gasteiger partial charge in [0.1, 0.15) is 5.70 Å². The lowest BCUT2D eigenvalue weighted by Crippen LogP contribution is -2.63. The SMILES string of the molecule is CC(=N)N1CCC(CCN2CC(SC3=C(C(=O)O)N4C(=O)[C@H]([C@@H](C)O)[C@H]4[C@H]3C)C2)CC1. The van der Waals surface area contributed by atoms with Crippen molar-refractivity contribution >= 4 is 29.5 Å². The normalized spacial score (nSPS) is 30.8. The van der Waals surface area contributed by atoms with Crippen LogP contribution >= 0.6 is 11.8 Å². The molecule has 0 unspecified atom stereocenters. The predicted molar refractivity (Wildman–Crippen MR) is 120 cm³/mol. The molecule has 1 amide bonds. The molecule has 4 aliphatic heterocycles. The number of hydrogen-bond donors (Lipinski definition) is 3. The number of amidine groups is 1. The number of carboxylic acids is 1. The molecule has 172 valence electrons. The summed E-state index contributed by atoms with van der Waals surface area (Å²) in [6, 6.07) is -0.229. The van der Waals surface area contributed by atoms with E-state index in [9.17, 15) is 19.8 Å². The number of carbonyl (C=O) groups excluding carboxylic acids is 1. The van der Waals surface area contributed by atoms with E-state index in [4.69, 9.17) is 5.41 Å². The molecule has 8 nitrogen and oxygen atoms in total. The fourth-order valence-electron chi connectivity index (χ4n) is 5.56. The maximum Gasteiger partial charge on any atom is 0.353 e. The Morgan fingerprint density at radius 1 is 1.29 bits per heavy atom. The van der Waals surface area contributed by atoms with Crippen LogP contribution in [-0.2, 0) is 9.59 Å². The molecule has 0 aromatic carbocycles. The third-order valence-electron chi connectivity index (χ3n) is 7.47. The van der Waals surface area contributed by atoms with Crippen molar-refractivity contribution in [1.29, 1.82) is 5.41 Å². The Morgan fingerprint density at radius 2 is 1.94 bits per heavy atom. The van der Waals surface area contributed by atoms with Gasteiger partial charge in [-0.3, -0.25) is 10.2 Å². The summed E-state index contributed by atoms with van der Waals surface area (Å²) in [5.41, 5.74) is 0.135. The number of rotatable bonds is 7. The van der Waals surface area contributed by atoms with Crippen LogP contribution in [0.25, 0.3) is 0 Å². The molecule has 4 aliphatic rings. The van der Waals surface area contributed by atoms with Crippen LogP contribution in [0, 0.1) is 23.2 Å². The molecule has 0 radical (unpaired) electrons. The zero-order valence-corrected chi connectivity index (χ0v) is 19.4. The molecule has 0 aliphatic carbocycles. The van der Waals surface area contributed by atoms with E-state index in [1.807, 2.05) is 13.8 Å². The van der Waals surface area contributed by atoms with Crippen molar-refractivity contribution in [3.8, 4) is 0 Å². The van der Waals surface area contributed by atoms with Crippen LogP contribution in [0.2, 0.25) is 0 Å². The Bertz CT molecular complexity index is 786. The quantitative estimate of drug-likeness (QED) is 0.307. The van der Waals surface area contributed by atoms with Gasteiger partial charge < -0.3 is 24.9 Å². The van der Waals surface area contributed by atoms with Gasteiger partial charge in [-0.15, -0.1) is 11.8 Å². The predicted octanol–water partition coefficient (Wildman–Crippen LogP) is 1.66. The number of carbonyl (C=O) groups is 2. The number of likely N-dealkylation sites (tertiary alicyclic amines) is 2. The van der Waals surface area contributed by atoms with E-state index < -0.39 is 18.0 Å². The number of thioether (sulfide) groups is 1. The van der Waals surface area contributed by atoms with Crippen molar-refractivity contribution in [2.45, 2.75) is 57.4 Å². The van der Waals surface area contributed by atoms with E-state index >= 15 is 0 Å². The highest BCUT2D eigenvalue weighted by molar-refractivity contribution is 8.03. The van der Waals surface area contributed by atoms with Crippen molar-refractivity contribution in [3.05, 3.63) is 10.6 Å². The first-order valence-electron chi connectivity index (χ1n) is 11.4. The van der Waals surface area contributed by atoms with Gasteiger partial charge >= 0.3 is 5.97 Å². The number of nitrogens with zero attached hydrogens (tertiary/aromatic N) is 3. The third kappa shape index (κ3) is 4.12. The number of amides is 1. The third-order valence-corrected chi connectivity index (χ3v) is 8.92. The summed E-state index contributed by atoms with van der Waals surface area (Å²) in [6.07, 6.45) is 2.74. The van der Waals surface area contributed by atoms with Crippen molar-refractivity contribution < 1.29 is 19.8 Å². The van der Waals surface area contributed by atoms with Gasteiger partial charge in [0, 0.05) is 42.3 Å². The first-order valence-corrected chi connectivity index (χ1v) is 12.2. The fraction of sp³-hybridized carbons (Fsp3) is 0.773. The molecule has 4 rings (SSSR count). The van der Waals surface area contributed by atoms with E-state index in [0.717, 1.165) is 56.4 Å². The van der Waals surface area contributed by atoms with Crippen molar-refractivity contribution in [2.24, 2.45) is 17.8 Å². The van der Waals surface area contributed by atoms with E-state index in [2.05, 4.69) is 9.80 Å². The second kappa shape index (κ2) is 8.75. The topological polar surface area (TPSA) is 108 Å². The molecule has 4 heterocycles. The summed E-state index contributed by atoms with van der Waals surface area (Å²) >= 11 is 1.62. The maximum absolute atomic E-state index is 12.4. The first kappa shape index (κ1) is 22.6. The lowest BCUT2D eigenvalue weighted by molar-refractivity contribution is -0.163. The largest absolute Gasteiger partial charge is 0.477 e. The molecule has 0 aromatic heterocycles. The molecule has 9 heteroatoms. The Morgan fingerprint density at radius 3 is 2.48 bits per heavy atom. The number of aliphatic hydroxyl groups is 1. The number of fused-ring (bicyclic) bond motifs is 1. The van der Waals surface area contributed by atoms with Gasteiger partial charge in [-0.2, -0.15) is 0 Å². The average Bonchev–Trinajstić information content (AvgIpc) is 2.92. The van der Waals surface area contributed by atoms with Crippen molar-refractivity contribution in [3.63, 3.8) is 0 Å². The minimum Gasteiger partial charge on any atom is -0.477 e. The highest BCUT2D eigenvalue weighted by Gasteiger charge is 2.60. The smallest absolute Gasteiger partial charge is 0.353 e. The Labute approximate surface area is 188 Å². The molecule has 3 fully saturated rings. The molecular formula is C22H34N4O4S. The number of β-lactam (4-membered cyclic amide) rings is 1. The Kier molecular flexibility index (Phi) is 6.38. The van der Waals surface area contributed by atoms with Crippen LogP contribution in [0.15, 0.2) is 10.6 Å². The van der Waals surface area contributed by atoms with Crippen LogP contribution in [0.3, 0.4) is 0 Å². The van der Waals surface area contributed by atoms with E-state index in [1.165, 1.54) is 11.3 Å². The first-order chi connectivity index (χ1) is 14.7. The zero-order valence-electron chi connectivity index (χ0n) is 18.6. The molecule has 0 bridgehead atoms. The van der Waals surface area contributed by atoms with Crippen LogP contribution in [0.5, 0.6) is 0 Å². The molecule has 0 spiro atoms. The summed E-state index contributed by atoms with van der Waals surface area (Å²) in [7, 11) is 0. The van der Waals surface area contributed by atoms with Crippen LogP contribution in [0.4, 0.5) is 0 Å². The number of carboxylic acid groups (broad SMARTS) is 1. The number of aliphatic hydroxyl groups excluding tert-OH is 1. The highest BCUT2D eigenvalue weighted by Crippen LogP contribution is 2.51. The van der Waals surface area contributed by atoms with Crippen molar-refractivity contribution in [1.82, 2.24) is 14.7 Å². The molecule has 0 aromatic rings. The lowest BCUT2D eigenvalue weighted by Gasteiger charge is -2.46. The van der Waals surface area contributed by atoms with Crippen LogP contribution in [0.1, 0.15) is 40.0 Å². The highest BCUT2D eigenvalue weighted by atomic mass is 32.2. The van der Waals surface area contributed by atoms with Gasteiger partial charge in [0.15, 0.2) is 0 Å². The second-order valence-electron chi connectivity index (χ2n) is 9.58. The molecule has 3 N–H and O–H groups in total. The van der Waals surface area contributed by atoms with Gasteiger partial charge in [-0.1, -0.05) is 6.92 Å². The van der Waals surface area contributed by atoms with Crippen LogP contribution in [-0.4, -0.2) is 92.7 Å². The number of hydrogen-bond acceptors (Lipinski definition) is 6. The summed E-state index contributed by atoms with van der Waals surface area (Å²) < 4.78 is 0. The molecule has 0 saturated carbocycles. The summed E-state index contributed by atoms with van der Waals surface area (Å²) in [6.45, 7) is 10.4. The van der Waals surface area contributed by atoms with Crippen LogP contribution < -0.4 is 0 Å². The molecule has 4 atom stereocenters. The molecule has 31 heavy (non-hydrogen) atoms. The Hall–Kier alpha value is -1.58. The van der Waals surface area contributed by atoms with Gasteiger partial charge in [-0.05, 0) is 45.6 Å². The number of nitrogens with one attached hydrogen (secondary N) is 1. The van der Waals surface area contributed by atoms with Gasteiger partial charge in [0.05, 0.1) is 23.9 Å². The zero-order chi connectivity index (χ0) is 22.4. The number of piperidine rings is 1. The summed E-state index contributed by atoms with van der Waals surface area (Å²) in [5, 5.41) is 27.8. The molecular weight excluding hydrogens is 416 g/mol. The number of aliphatic carboxylic acids is 1. The Balaban J connectivity index is 1.27. The minimum atomic E-state index is -1.04. The average molecular weight is 451 g/mol. The standard InChI is InChI=1S/C22H34N4O4S/c1-12-18-17(13(2)27)21(28)26(18)19(22(29)30)20(12)31-16-10-24(11-16)7-4-15-5-8-25(9-6-15)14(3)23/h12-13,15-18,23,27H,4-11H2,1-3H3,(H,29,30)/t12-,13-,17-,18-/m1/s1. The van der Waals surface area contributed by atoms with Gasteiger partial charge in [0.2, 0.25) is 5.91 Å². The van der Waals surface area contributed by atoms with Crippen molar-refractivity contribution in [2.75, 3.05) is 32.7 Å². The van der Waals surface area contributed by atoms with E-state index in [1.54, 1.807) is 18.7 Å². The second-order valence-corrected chi connectivity index (χ2v) is 10.9. The van der Waals surface area contributed by atoms with Gasteiger partial charge in [-0.25, -0.2) is 4.79 Å². The van der Waals surface area contributed by atoms with Gasteiger partial charge in [0.25, 0.3) is 0 Å². The minimum absolute atomic E-state index is 0.0510. The molecule has 3 saturated heterocycles. The summed E-state index contributed by atoms with van der Waals surface area (Å²) in [5.74, 6) is -0.460.